The lowest BCUT2D eigenvalue weighted by Crippen LogP contribution is -2.22. The zero-order valence-electron chi connectivity index (χ0n) is 8.49. The number of hydrogen-bond donors (Lipinski definition) is 1. The highest BCUT2D eigenvalue weighted by Gasteiger charge is 2.26. The Morgan fingerprint density at radius 3 is 2.86 bits per heavy atom. The Bertz CT molecular complexity index is 370. The molecule has 4 heteroatoms. The lowest BCUT2D eigenvalue weighted by molar-refractivity contribution is 0.623. The van der Waals surface area contributed by atoms with E-state index in [0.717, 1.165) is 11.3 Å². The van der Waals surface area contributed by atoms with Gasteiger partial charge in [0.1, 0.15) is 6.04 Å². The van der Waals surface area contributed by atoms with Crippen LogP contribution in [0.1, 0.15) is 30.1 Å². The Labute approximate surface area is 83.5 Å². The molecule has 1 aliphatic carbocycles. The summed E-state index contributed by atoms with van der Waals surface area (Å²) in [6.07, 6.45) is 4.30. The monoisotopic (exact) mass is 190 g/mol. The summed E-state index contributed by atoms with van der Waals surface area (Å²) in [6.45, 7) is 1.94. The van der Waals surface area contributed by atoms with Gasteiger partial charge in [0.25, 0.3) is 0 Å². The van der Waals surface area contributed by atoms with Gasteiger partial charge in [0.05, 0.1) is 11.8 Å². The number of rotatable bonds is 3. The van der Waals surface area contributed by atoms with Crippen molar-refractivity contribution >= 4 is 0 Å². The molecule has 4 nitrogen and oxygen atoms in total. The molecule has 0 amide bonds. The number of nitrogens with zero attached hydrogens (tertiary/aromatic N) is 3. The third kappa shape index (κ3) is 1.78. The van der Waals surface area contributed by atoms with Crippen LogP contribution in [-0.4, -0.2) is 15.8 Å². The molecule has 0 bridgehead atoms. The quantitative estimate of drug-likeness (QED) is 0.775. The molecule has 1 N–H and O–H groups in total. The molecule has 1 fully saturated rings. The van der Waals surface area contributed by atoms with E-state index in [0.29, 0.717) is 6.04 Å². The number of aromatic nitrogens is 2. The van der Waals surface area contributed by atoms with Crippen molar-refractivity contribution in [3.05, 3.63) is 17.5 Å². The highest BCUT2D eigenvalue weighted by molar-refractivity contribution is 5.25. The van der Waals surface area contributed by atoms with Crippen LogP contribution >= 0.6 is 0 Å². The first-order chi connectivity index (χ1) is 6.70. The fraction of sp³-hybridized carbons (Fsp3) is 0.600. The molecule has 0 saturated heterocycles. The Kier molecular flexibility index (Phi) is 2.26. The highest BCUT2D eigenvalue weighted by atomic mass is 15.3. The third-order valence-electron chi connectivity index (χ3n) is 2.47. The van der Waals surface area contributed by atoms with Crippen molar-refractivity contribution in [3.8, 4) is 6.07 Å². The van der Waals surface area contributed by atoms with Crippen molar-refractivity contribution in [2.45, 2.75) is 31.8 Å². The number of hydrogen-bond acceptors (Lipinski definition) is 3. The van der Waals surface area contributed by atoms with Crippen molar-refractivity contribution in [1.82, 2.24) is 15.1 Å². The maximum Gasteiger partial charge on any atom is 0.124 e. The second-order valence-electron chi connectivity index (χ2n) is 3.85. The van der Waals surface area contributed by atoms with Crippen LogP contribution in [0.25, 0.3) is 0 Å². The standard InChI is InChI=1S/C10H14N4/c1-7-9(6-14(2)13-7)10(5-11)12-8-3-4-8/h6,8,10,12H,3-4H2,1-2H3. The zero-order chi connectivity index (χ0) is 10.1. The fourth-order valence-corrected chi connectivity index (χ4v) is 1.58. The molecule has 14 heavy (non-hydrogen) atoms. The van der Waals surface area contributed by atoms with Gasteiger partial charge in [-0.25, -0.2) is 0 Å². The second kappa shape index (κ2) is 3.43. The van der Waals surface area contributed by atoms with E-state index in [1.165, 1.54) is 12.8 Å². The van der Waals surface area contributed by atoms with E-state index in [9.17, 15) is 0 Å². The molecular weight excluding hydrogens is 176 g/mol. The molecule has 74 valence electrons. The van der Waals surface area contributed by atoms with Crippen molar-refractivity contribution in [3.63, 3.8) is 0 Å². The largest absolute Gasteiger partial charge is 0.295 e. The van der Waals surface area contributed by atoms with Crippen molar-refractivity contribution in [2.24, 2.45) is 7.05 Å². The van der Waals surface area contributed by atoms with E-state index < -0.39 is 0 Å². The van der Waals surface area contributed by atoms with Crippen LogP contribution in [0.2, 0.25) is 0 Å². The average Bonchev–Trinajstić information content (AvgIpc) is 2.89. The Balaban J connectivity index is 2.17. The summed E-state index contributed by atoms with van der Waals surface area (Å²) in [5.74, 6) is 0. The molecule has 1 aromatic rings. The smallest absolute Gasteiger partial charge is 0.124 e. The summed E-state index contributed by atoms with van der Waals surface area (Å²) in [5.41, 5.74) is 1.94. The second-order valence-corrected chi connectivity index (χ2v) is 3.85. The molecule has 1 unspecified atom stereocenters. The first kappa shape index (κ1) is 9.22. The lowest BCUT2D eigenvalue weighted by Gasteiger charge is -2.08. The van der Waals surface area contributed by atoms with Gasteiger partial charge in [-0.15, -0.1) is 0 Å². The van der Waals surface area contributed by atoms with Gasteiger partial charge in [-0.05, 0) is 19.8 Å². The minimum absolute atomic E-state index is 0.198. The maximum atomic E-state index is 9.04. The lowest BCUT2D eigenvalue weighted by atomic mass is 10.1. The fourth-order valence-electron chi connectivity index (χ4n) is 1.58. The predicted octanol–water partition coefficient (Wildman–Crippen LogP) is 1.05. The summed E-state index contributed by atoms with van der Waals surface area (Å²) < 4.78 is 1.75. The van der Waals surface area contributed by atoms with Crippen molar-refractivity contribution < 1.29 is 0 Å². The van der Waals surface area contributed by atoms with Crippen LogP contribution in [0.4, 0.5) is 0 Å². The normalized spacial score (nSPS) is 17.8. The SMILES string of the molecule is Cc1nn(C)cc1C(C#N)NC1CC1. The minimum Gasteiger partial charge on any atom is -0.295 e. The molecular formula is C10H14N4. The van der Waals surface area contributed by atoms with Gasteiger partial charge < -0.3 is 0 Å². The average molecular weight is 190 g/mol. The first-order valence-electron chi connectivity index (χ1n) is 4.86. The molecule has 0 radical (unpaired) electrons. The maximum absolute atomic E-state index is 9.04. The van der Waals surface area contributed by atoms with Gasteiger partial charge >= 0.3 is 0 Å². The van der Waals surface area contributed by atoms with Gasteiger partial charge in [0.15, 0.2) is 0 Å². The van der Waals surface area contributed by atoms with Gasteiger partial charge in [-0.2, -0.15) is 10.4 Å². The summed E-state index contributed by atoms with van der Waals surface area (Å²) in [5, 5.41) is 16.6. The van der Waals surface area contributed by atoms with Crippen LogP contribution in [0.15, 0.2) is 6.20 Å². The minimum atomic E-state index is -0.198. The van der Waals surface area contributed by atoms with Crippen LogP contribution in [-0.2, 0) is 7.05 Å². The molecule has 2 rings (SSSR count). The Morgan fingerprint density at radius 2 is 2.43 bits per heavy atom. The third-order valence-corrected chi connectivity index (χ3v) is 2.47. The van der Waals surface area contributed by atoms with Gasteiger partial charge in [-0.3, -0.25) is 10.00 Å². The molecule has 0 aromatic carbocycles. The van der Waals surface area contributed by atoms with Crippen LogP contribution in [0.5, 0.6) is 0 Å². The zero-order valence-corrected chi connectivity index (χ0v) is 8.49. The molecule has 0 spiro atoms. The number of nitrogens with one attached hydrogen (secondary N) is 1. The van der Waals surface area contributed by atoms with Gasteiger partial charge in [0.2, 0.25) is 0 Å². The van der Waals surface area contributed by atoms with E-state index in [1.54, 1.807) is 4.68 Å². The van der Waals surface area contributed by atoms with Crippen molar-refractivity contribution in [1.29, 1.82) is 5.26 Å². The molecule has 1 saturated carbocycles. The van der Waals surface area contributed by atoms with Gasteiger partial charge in [-0.1, -0.05) is 0 Å². The Hall–Kier alpha value is -1.34. The molecule has 1 aromatic heterocycles. The predicted molar refractivity (Wildman–Crippen MR) is 52.5 cm³/mol. The van der Waals surface area contributed by atoms with E-state index in [1.807, 2.05) is 20.2 Å². The Morgan fingerprint density at radius 1 is 1.71 bits per heavy atom. The highest BCUT2D eigenvalue weighted by Crippen LogP contribution is 2.24. The van der Waals surface area contributed by atoms with Crippen molar-refractivity contribution in [2.75, 3.05) is 0 Å². The molecule has 1 heterocycles. The number of nitriles is 1. The van der Waals surface area contributed by atoms with Crippen LogP contribution in [0.3, 0.4) is 0 Å². The molecule has 1 aliphatic rings. The van der Waals surface area contributed by atoms with Gasteiger partial charge in [0, 0.05) is 24.8 Å². The van der Waals surface area contributed by atoms with Crippen LogP contribution < -0.4 is 5.32 Å². The summed E-state index contributed by atoms with van der Waals surface area (Å²) in [4.78, 5) is 0. The molecule has 1 atom stereocenters. The molecule has 0 aliphatic heterocycles. The summed E-state index contributed by atoms with van der Waals surface area (Å²) in [7, 11) is 1.88. The van der Waals surface area contributed by atoms with E-state index in [-0.39, 0.29) is 6.04 Å². The topological polar surface area (TPSA) is 53.6 Å². The number of aryl methyl sites for hydroxylation is 2. The van der Waals surface area contributed by atoms with Crippen LogP contribution in [0, 0.1) is 18.3 Å². The first-order valence-corrected chi connectivity index (χ1v) is 4.86. The van der Waals surface area contributed by atoms with E-state index in [2.05, 4.69) is 16.5 Å². The summed E-state index contributed by atoms with van der Waals surface area (Å²) in [6, 6.07) is 2.62. The van der Waals surface area contributed by atoms with E-state index in [4.69, 9.17) is 5.26 Å². The van der Waals surface area contributed by atoms with E-state index >= 15 is 0 Å². The summed E-state index contributed by atoms with van der Waals surface area (Å²) >= 11 is 0.